The Morgan fingerprint density at radius 2 is 1.29 bits per heavy atom. The van der Waals surface area contributed by atoms with Gasteiger partial charge in [0.25, 0.3) is 0 Å². The monoisotopic (exact) mass is 459 g/mol. The van der Waals surface area contributed by atoms with E-state index < -0.39 is 5.72 Å². The molecular formula is C31H41NO2. The molecule has 3 aromatic carbocycles. The van der Waals surface area contributed by atoms with Crippen LogP contribution in [0.5, 0.6) is 11.5 Å². The maximum atomic E-state index is 7.22. The summed E-state index contributed by atoms with van der Waals surface area (Å²) in [6.07, 6.45) is 1.91. The number of para-hydroxylation sites is 1. The molecule has 2 N–H and O–H groups in total. The van der Waals surface area contributed by atoms with Gasteiger partial charge in [-0.15, -0.1) is 0 Å². The molecule has 0 saturated heterocycles. The first-order valence-electron chi connectivity index (χ1n) is 12.6. The fourth-order valence-electron chi connectivity index (χ4n) is 4.79. The van der Waals surface area contributed by atoms with E-state index in [4.69, 9.17) is 15.2 Å². The van der Waals surface area contributed by atoms with Crippen LogP contribution in [0.3, 0.4) is 0 Å². The average Bonchev–Trinajstić information content (AvgIpc) is 2.80. The smallest absolute Gasteiger partial charge is 0.172 e. The Morgan fingerprint density at radius 1 is 0.765 bits per heavy atom. The molecule has 0 aliphatic carbocycles. The Balaban J connectivity index is 2.42. The molecule has 3 heteroatoms. The summed E-state index contributed by atoms with van der Waals surface area (Å²) in [4.78, 5) is 0. The molecule has 0 amide bonds. The summed E-state index contributed by atoms with van der Waals surface area (Å²) in [7, 11) is 0. The molecule has 0 saturated carbocycles. The van der Waals surface area contributed by atoms with Crippen molar-refractivity contribution in [2.45, 2.75) is 67.0 Å². The van der Waals surface area contributed by atoms with Crippen molar-refractivity contribution in [3.8, 4) is 11.5 Å². The van der Waals surface area contributed by atoms with Crippen molar-refractivity contribution in [2.24, 2.45) is 17.6 Å². The molecule has 0 aromatic heterocycles. The molecule has 182 valence electrons. The molecular weight excluding hydrogens is 418 g/mol. The second-order valence-corrected chi connectivity index (χ2v) is 10.1. The van der Waals surface area contributed by atoms with Gasteiger partial charge in [0.05, 0.1) is 0 Å². The van der Waals surface area contributed by atoms with Gasteiger partial charge in [-0.3, -0.25) is 5.73 Å². The van der Waals surface area contributed by atoms with Crippen molar-refractivity contribution in [2.75, 3.05) is 6.61 Å². The number of ether oxygens (including phenoxy) is 2. The second kappa shape index (κ2) is 11.2. The molecule has 3 aromatic rings. The van der Waals surface area contributed by atoms with Gasteiger partial charge in [-0.05, 0) is 79.8 Å². The van der Waals surface area contributed by atoms with Crippen LogP contribution in [0.2, 0.25) is 0 Å². The number of hydrogen-bond donors (Lipinski definition) is 1. The highest BCUT2D eigenvalue weighted by Crippen LogP contribution is 2.45. The van der Waals surface area contributed by atoms with Crippen LogP contribution < -0.4 is 10.5 Å². The van der Waals surface area contributed by atoms with Gasteiger partial charge < -0.3 is 9.47 Å². The minimum atomic E-state index is -1.13. The maximum absolute atomic E-state index is 7.22. The molecule has 34 heavy (non-hydrogen) atoms. The lowest BCUT2D eigenvalue weighted by atomic mass is 9.80. The Kier molecular flexibility index (Phi) is 8.57. The molecule has 0 heterocycles. The summed E-state index contributed by atoms with van der Waals surface area (Å²) < 4.78 is 13.1. The molecule has 0 radical (unpaired) electrons. The number of hydrogen-bond acceptors (Lipinski definition) is 3. The third-order valence-corrected chi connectivity index (χ3v) is 6.39. The van der Waals surface area contributed by atoms with E-state index >= 15 is 0 Å². The van der Waals surface area contributed by atoms with E-state index in [0.29, 0.717) is 18.4 Å². The minimum Gasteiger partial charge on any atom is -0.457 e. The normalized spacial score (nSPS) is 13.4. The largest absolute Gasteiger partial charge is 0.457 e. The summed E-state index contributed by atoms with van der Waals surface area (Å²) in [6.45, 7) is 15.9. The van der Waals surface area contributed by atoms with Crippen LogP contribution in [-0.2, 0) is 23.3 Å². The van der Waals surface area contributed by atoms with Gasteiger partial charge in [0.2, 0.25) is 0 Å². The summed E-state index contributed by atoms with van der Waals surface area (Å²) in [5.74, 6) is 2.65. The highest BCUT2D eigenvalue weighted by molar-refractivity contribution is 5.60. The second-order valence-electron chi connectivity index (χ2n) is 10.1. The predicted molar refractivity (Wildman–Crippen MR) is 143 cm³/mol. The standard InChI is InChI=1S/C31H41NO2/c1-8-33-31(32,25-15-11-9-12-16-25)29-24(7)23(6)27(19-21(2)3)28(20-22(4)5)30(29)34-26-17-13-10-14-18-26/h9-18,21-22H,8,19-20,32H2,1-7H3. The Bertz CT molecular complexity index is 1070. The van der Waals surface area contributed by atoms with E-state index in [2.05, 4.69) is 41.5 Å². The molecule has 0 spiro atoms. The lowest BCUT2D eigenvalue weighted by molar-refractivity contribution is -0.00801. The van der Waals surface area contributed by atoms with Crippen molar-refractivity contribution in [3.05, 3.63) is 94.0 Å². The van der Waals surface area contributed by atoms with Crippen LogP contribution in [0.15, 0.2) is 60.7 Å². The lowest BCUT2D eigenvalue weighted by Gasteiger charge is -2.36. The molecule has 0 bridgehead atoms. The Labute approximate surface area is 206 Å². The minimum absolute atomic E-state index is 0.468. The average molecular weight is 460 g/mol. The van der Waals surface area contributed by atoms with Gasteiger partial charge >= 0.3 is 0 Å². The molecule has 1 unspecified atom stereocenters. The van der Waals surface area contributed by atoms with Crippen LogP contribution in [0.4, 0.5) is 0 Å². The number of nitrogens with two attached hydrogens (primary N) is 1. The lowest BCUT2D eigenvalue weighted by Crippen LogP contribution is -2.42. The van der Waals surface area contributed by atoms with Crippen LogP contribution in [0.1, 0.15) is 68.0 Å². The van der Waals surface area contributed by atoms with Gasteiger partial charge in [0.1, 0.15) is 11.5 Å². The molecule has 1 atom stereocenters. The topological polar surface area (TPSA) is 44.5 Å². The molecule has 0 aliphatic rings. The van der Waals surface area contributed by atoms with Gasteiger partial charge in [-0.2, -0.15) is 0 Å². The van der Waals surface area contributed by atoms with E-state index in [9.17, 15) is 0 Å². The molecule has 0 fully saturated rings. The van der Waals surface area contributed by atoms with Crippen LogP contribution in [0, 0.1) is 25.7 Å². The zero-order chi connectivity index (χ0) is 24.9. The van der Waals surface area contributed by atoms with E-state index in [1.54, 1.807) is 0 Å². The third kappa shape index (κ3) is 5.54. The predicted octanol–water partition coefficient (Wildman–Crippen LogP) is 7.69. The molecule has 3 rings (SSSR count). The first kappa shape index (κ1) is 26.0. The van der Waals surface area contributed by atoms with Crippen LogP contribution >= 0.6 is 0 Å². The van der Waals surface area contributed by atoms with Crippen molar-refractivity contribution in [3.63, 3.8) is 0 Å². The van der Waals surface area contributed by atoms with Crippen LogP contribution in [0.25, 0.3) is 0 Å². The SMILES string of the molecule is CCOC(N)(c1ccccc1)c1c(C)c(C)c(CC(C)C)c(CC(C)C)c1Oc1ccccc1. The van der Waals surface area contributed by atoms with E-state index in [-0.39, 0.29) is 0 Å². The number of rotatable bonds is 10. The Morgan fingerprint density at radius 3 is 1.82 bits per heavy atom. The van der Waals surface area contributed by atoms with Gasteiger partial charge in [-0.1, -0.05) is 76.2 Å². The van der Waals surface area contributed by atoms with Crippen molar-refractivity contribution in [1.82, 2.24) is 0 Å². The van der Waals surface area contributed by atoms with E-state index in [1.807, 2.05) is 67.6 Å². The summed E-state index contributed by atoms with van der Waals surface area (Å²) >= 11 is 0. The fraction of sp³-hybridized carbons (Fsp3) is 0.419. The zero-order valence-corrected chi connectivity index (χ0v) is 21.9. The summed E-state index contributed by atoms with van der Waals surface area (Å²) in [5.41, 5.74) is 13.0. The van der Waals surface area contributed by atoms with Crippen molar-refractivity contribution < 1.29 is 9.47 Å². The van der Waals surface area contributed by atoms with E-state index in [1.165, 1.54) is 16.7 Å². The zero-order valence-electron chi connectivity index (χ0n) is 21.9. The highest BCUT2D eigenvalue weighted by Gasteiger charge is 2.38. The highest BCUT2D eigenvalue weighted by atomic mass is 16.5. The van der Waals surface area contributed by atoms with Gasteiger partial charge in [0, 0.05) is 17.7 Å². The summed E-state index contributed by atoms with van der Waals surface area (Å²) in [5, 5.41) is 0. The van der Waals surface area contributed by atoms with E-state index in [0.717, 1.165) is 41.0 Å². The van der Waals surface area contributed by atoms with Gasteiger partial charge in [-0.25, -0.2) is 0 Å². The van der Waals surface area contributed by atoms with Crippen LogP contribution in [-0.4, -0.2) is 6.61 Å². The molecule has 3 nitrogen and oxygen atoms in total. The third-order valence-electron chi connectivity index (χ3n) is 6.39. The Hall–Kier alpha value is -2.62. The maximum Gasteiger partial charge on any atom is 0.172 e. The number of benzene rings is 3. The van der Waals surface area contributed by atoms with Crippen molar-refractivity contribution in [1.29, 1.82) is 0 Å². The van der Waals surface area contributed by atoms with Crippen molar-refractivity contribution >= 4 is 0 Å². The van der Waals surface area contributed by atoms with Gasteiger partial charge in [0.15, 0.2) is 5.72 Å². The quantitative estimate of drug-likeness (QED) is 0.316. The first-order valence-corrected chi connectivity index (χ1v) is 12.6. The first-order chi connectivity index (χ1) is 16.2. The fourth-order valence-corrected chi connectivity index (χ4v) is 4.79. The summed E-state index contributed by atoms with van der Waals surface area (Å²) in [6, 6.07) is 20.1. The molecule has 0 aliphatic heterocycles.